The van der Waals surface area contributed by atoms with E-state index in [0.717, 1.165) is 0 Å². The van der Waals surface area contributed by atoms with Crippen LogP contribution in [0, 0.1) is 5.41 Å². The van der Waals surface area contributed by atoms with Gasteiger partial charge in [-0.25, -0.2) is 0 Å². The average molecular weight is 292 g/mol. The van der Waals surface area contributed by atoms with Gasteiger partial charge in [0.2, 0.25) is 0 Å². The first-order valence-corrected chi connectivity index (χ1v) is 6.91. The number of hydrogen-bond donors (Lipinski definition) is 2. The Kier molecular flexibility index (Phi) is 6.84. The van der Waals surface area contributed by atoms with Crippen molar-refractivity contribution >= 4 is 0 Å². The zero-order valence-electron chi connectivity index (χ0n) is 13.0. The summed E-state index contributed by atoms with van der Waals surface area (Å²) in [5.74, 6) is 0. The first-order valence-electron chi connectivity index (χ1n) is 6.91. The predicted molar refractivity (Wildman–Crippen MR) is 73.6 cm³/mol. The maximum atomic E-state index is 10.2. The highest BCUT2D eigenvalue weighted by molar-refractivity contribution is 4.99. The fourth-order valence-electron chi connectivity index (χ4n) is 2.90. The molecule has 0 aromatic heterocycles. The molecule has 1 heterocycles. The Bertz CT molecular complexity index is 283. The van der Waals surface area contributed by atoms with Crippen LogP contribution in [-0.2, 0) is 18.9 Å². The molecule has 1 aliphatic heterocycles. The second-order valence-corrected chi connectivity index (χ2v) is 5.86. The molecule has 0 saturated carbocycles. The van der Waals surface area contributed by atoms with Crippen LogP contribution in [0.1, 0.15) is 20.3 Å². The van der Waals surface area contributed by atoms with Crippen LogP contribution >= 0.6 is 0 Å². The Balaban J connectivity index is 2.86. The summed E-state index contributed by atoms with van der Waals surface area (Å²) in [7, 11) is 4.82. The van der Waals surface area contributed by atoms with Crippen molar-refractivity contribution < 1.29 is 29.2 Å². The lowest BCUT2D eigenvalue weighted by atomic mass is 9.73. The molecule has 2 N–H and O–H groups in total. The van der Waals surface area contributed by atoms with Crippen LogP contribution in [0.4, 0.5) is 0 Å². The van der Waals surface area contributed by atoms with Crippen LogP contribution < -0.4 is 0 Å². The fraction of sp³-hybridized carbons (Fsp3) is 1.00. The van der Waals surface area contributed by atoms with Gasteiger partial charge in [0.25, 0.3) is 0 Å². The standard InChI is InChI=1S/C14H28O6/c1-14(2)11(6-9(18-4)8-17-3)20-10(7-15)12(16)13(14)19-5/h9-13,15-16H,6-8H2,1-5H3/t9-,10+,11+,12-,13+/m0/s1. The topological polar surface area (TPSA) is 77.4 Å². The van der Waals surface area contributed by atoms with Crippen molar-refractivity contribution in [3.8, 4) is 0 Å². The van der Waals surface area contributed by atoms with E-state index in [9.17, 15) is 10.2 Å². The van der Waals surface area contributed by atoms with E-state index in [1.54, 1.807) is 21.3 Å². The molecule has 6 nitrogen and oxygen atoms in total. The molecule has 0 bridgehead atoms. The SMILES string of the molecule is COC[C@H](C[C@H]1O[C@H](CO)[C@H](O)[C@@H](OC)C1(C)C)OC. The second-order valence-electron chi connectivity index (χ2n) is 5.86. The van der Waals surface area contributed by atoms with E-state index in [4.69, 9.17) is 18.9 Å². The first-order chi connectivity index (χ1) is 9.42. The molecule has 0 amide bonds. The quantitative estimate of drug-likeness (QED) is 0.698. The van der Waals surface area contributed by atoms with E-state index < -0.39 is 23.7 Å². The zero-order chi connectivity index (χ0) is 15.3. The molecule has 0 aromatic rings. The third-order valence-corrected chi connectivity index (χ3v) is 4.19. The minimum Gasteiger partial charge on any atom is -0.394 e. The number of aliphatic hydroxyl groups is 2. The molecular formula is C14H28O6. The number of methoxy groups -OCH3 is 3. The molecule has 120 valence electrons. The smallest absolute Gasteiger partial charge is 0.109 e. The molecule has 5 atom stereocenters. The maximum Gasteiger partial charge on any atom is 0.109 e. The minimum atomic E-state index is -0.848. The van der Waals surface area contributed by atoms with Crippen LogP contribution in [0.5, 0.6) is 0 Å². The van der Waals surface area contributed by atoms with Gasteiger partial charge in [-0.2, -0.15) is 0 Å². The van der Waals surface area contributed by atoms with E-state index in [1.807, 2.05) is 13.8 Å². The minimum absolute atomic E-state index is 0.101. The Hall–Kier alpha value is -0.240. The molecule has 0 unspecified atom stereocenters. The van der Waals surface area contributed by atoms with Crippen molar-refractivity contribution in [2.24, 2.45) is 5.41 Å². The lowest BCUT2D eigenvalue weighted by Gasteiger charge is -2.50. The first kappa shape index (κ1) is 17.8. The van der Waals surface area contributed by atoms with Crippen molar-refractivity contribution in [3.63, 3.8) is 0 Å². The highest BCUT2D eigenvalue weighted by Crippen LogP contribution is 2.40. The molecule has 1 rings (SSSR count). The lowest BCUT2D eigenvalue weighted by molar-refractivity contribution is -0.250. The average Bonchev–Trinajstić information content (AvgIpc) is 2.41. The van der Waals surface area contributed by atoms with Gasteiger partial charge in [-0.1, -0.05) is 13.8 Å². The van der Waals surface area contributed by atoms with Crippen LogP contribution in [0.15, 0.2) is 0 Å². The second kappa shape index (κ2) is 7.68. The molecule has 0 aliphatic carbocycles. The summed E-state index contributed by atoms with van der Waals surface area (Å²) < 4.78 is 21.8. The summed E-state index contributed by atoms with van der Waals surface area (Å²) in [6.45, 7) is 4.20. The Morgan fingerprint density at radius 3 is 2.35 bits per heavy atom. The van der Waals surface area contributed by atoms with Gasteiger partial charge >= 0.3 is 0 Å². The molecule has 1 saturated heterocycles. The van der Waals surface area contributed by atoms with E-state index in [0.29, 0.717) is 13.0 Å². The van der Waals surface area contributed by atoms with Crippen molar-refractivity contribution in [1.82, 2.24) is 0 Å². The van der Waals surface area contributed by atoms with Crippen molar-refractivity contribution in [3.05, 3.63) is 0 Å². The van der Waals surface area contributed by atoms with Crippen molar-refractivity contribution in [2.75, 3.05) is 34.5 Å². The third-order valence-electron chi connectivity index (χ3n) is 4.19. The van der Waals surface area contributed by atoms with Gasteiger partial charge in [-0.05, 0) is 0 Å². The van der Waals surface area contributed by atoms with Crippen molar-refractivity contribution in [2.45, 2.75) is 50.8 Å². The van der Waals surface area contributed by atoms with E-state index in [-0.39, 0.29) is 18.8 Å². The lowest BCUT2D eigenvalue weighted by Crippen LogP contribution is -2.61. The molecule has 20 heavy (non-hydrogen) atoms. The molecule has 6 heteroatoms. The van der Waals surface area contributed by atoms with Gasteiger partial charge in [0.1, 0.15) is 12.2 Å². The summed E-state index contributed by atoms with van der Waals surface area (Å²) in [5, 5.41) is 19.6. The molecule has 0 radical (unpaired) electrons. The monoisotopic (exact) mass is 292 g/mol. The van der Waals surface area contributed by atoms with E-state index in [2.05, 4.69) is 0 Å². The predicted octanol–water partition coefficient (Wildman–Crippen LogP) is 0.200. The van der Waals surface area contributed by atoms with Crippen LogP contribution in [0.3, 0.4) is 0 Å². The molecular weight excluding hydrogens is 264 g/mol. The number of aliphatic hydroxyl groups excluding tert-OH is 2. The third kappa shape index (κ3) is 3.69. The summed E-state index contributed by atoms with van der Waals surface area (Å²) >= 11 is 0. The van der Waals surface area contributed by atoms with Gasteiger partial charge in [-0.3, -0.25) is 0 Å². The Morgan fingerprint density at radius 1 is 1.25 bits per heavy atom. The van der Waals surface area contributed by atoms with Gasteiger partial charge < -0.3 is 29.2 Å². The summed E-state index contributed by atoms with van der Waals surface area (Å²) in [4.78, 5) is 0. The van der Waals surface area contributed by atoms with Gasteiger partial charge in [0.15, 0.2) is 0 Å². The maximum absolute atomic E-state index is 10.2. The van der Waals surface area contributed by atoms with E-state index >= 15 is 0 Å². The molecule has 1 fully saturated rings. The normalized spacial score (nSPS) is 35.0. The number of hydrogen-bond acceptors (Lipinski definition) is 6. The van der Waals surface area contributed by atoms with Gasteiger partial charge in [-0.15, -0.1) is 0 Å². The molecule has 1 aliphatic rings. The van der Waals surface area contributed by atoms with E-state index in [1.165, 1.54) is 0 Å². The largest absolute Gasteiger partial charge is 0.394 e. The highest BCUT2D eigenvalue weighted by Gasteiger charge is 2.50. The molecule has 0 aromatic carbocycles. The van der Waals surface area contributed by atoms with Crippen LogP contribution in [0.25, 0.3) is 0 Å². The highest BCUT2D eigenvalue weighted by atomic mass is 16.6. The zero-order valence-corrected chi connectivity index (χ0v) is 13.0. The van der Waals surface area contributed by atoms with Crippen LogP contribution in [0.2, 0.25) is 0 Å². The fourth-order valence-corrected chi connectivity index (χ4v) is 2.90. The molecule has 0 spiro atoms. The van der Waals surface area contributed by atoms with Gasteiger partial charge in [0.05, 0.1) is 31.5 Å². The number of ether oxygens (including phenoxy) is 4. The summed E-state index contributed by atoms with van der Waals surface area (Å²) in [6.07, 6.45) is -1.58. The van der Waals surface area contributed by atoms with Crippen molar-refractivity contribution in [1.29, 1.82) is 0 Å². The Morgan fingerprint density at radius 2 is 1.90 bits per heavy atom. The van der Waals surface area contributed by atoms with Crippen LogP contribution in [-0.4, -0.2) is 75.3 Å². The number of rotatable bonds is 7. The Labute approximate surface area is 121 Å². The summed E-state index contributed by atoms with van der Waals surface area (Å²) in [6, 6.07) is 0. The van der Waals surface area contributed by atoms with Gasteiger partial charge in [0, 0.05) is 33.2 Å². The summed E-state index contributed by atoms with van der Waals surface area (Å²) in [5.41, 5.74) is -0.398.